The van der Waals surface area contributed by atoms with Crippen LogP contribution in [0, 0.1) is 6.92 Å². The first kappa shape index (κ1) is 23.5. The van der Waals surface area contributed by atoms with E-state index in [9.17, 15) is 24.3 Å². The van der Waals surface area contributed by atoms with Crippen molar-refractivity contribution < 1.29 is 24.3 Å². The molecule has 8 heteroatoms. The number of nitrogens with one attached hydrogen (secondary N) is 2. The summed E-state index contributed by atoms with van der Waals surface area (Å²) < 4.78 is 0. The highest BCUT2D eigenvalue weighted by molar-refractivity contribution is 6.34. The maximum absolute atomic E-state index is 13.1. The van der Waals surface area contributed by atoms with E-state index in [1.165, 1.54) is 42.5 Å². The molecule has 0 unspecified atom stereocenters. The number of imide groups is 1. The largest absolute Gasteiger partial charge is 0.508 e. The first-order valence-corrected chi connectivity index (χ1v) is 11.4. The molecule has 37 heavy (non-hydrogen) atoms. The molecule has 0 atom stereocenters. The molecular formula is C29H21N3O5. The van der Waals surface area contributed by atoms with Gasteiger partial charge in [0.15, 0.2) is 0 Å². The number of anilines is 3. The number of aryl methyl sites for hydroxylation is 1. The number of carbonyl (C=O) groups excluding carboxylic acids is 4. The second-order valence-corrected chi connectivity index (χ2v) is 8.57. The maximum Gasteiger partial charge on any atom is 0.266 e. The highest BCUT2D eigenvalue weighted by Gasteiger charge is 2.37. The van der Waals surface area contributed by atoms with Crippen molar-refractivity contribution in [3.63, 3.8) is 0 Å². The number of aromatic hydroxyl groups is 1. The lowest BCUT2D eigenvalue weighted by Gasteiger charge is -2.14. The van der Waals surface area contributed by atoms with Gasteiger partial charge in [0.1, 0.15) is 5.75 Å². The minimum atomic E-state index is -0.559. The number of rotatable bonds is 5. The number of hydrogen-bond donors (Lipinski definition) is 3. The fraction of sp³-hybridized carbons (Fsp3) is 0.0345. The Labute approximate surface area is 212 Å². The molecular weight excluding hydrogens is 470 g/mol. The van der Waals surface area contributed by atoms with Gasteiger partial charge in [-0.05, 0) is 85.8 Å². The number of hydrogen-bond acceptors (Lipinski definition) is 5. The molecule has 4 aromatic rings. The Morgan fingerprint density at radius 2 is 1.16 bits per heavy atom. The summed E-state index contributed by atoms with van der Waals surface area (Å²) in [6, 6.07) is 23.8. The van der Waals surface area contributed by atoms with E-state index >= 15 is 0 Å². The zero-order valence-electron chi connectivity index (χ0n) is 19.7. The van der Waals surface area contributed by atoms with Crippen LogP contribution in [0.5, 0.6) is 5.75 Å². The SMILES string of the molecule is Cc1ccc(NC(=O)c2ccc(N3C(=O)c4ccc(C(=O)Nc5ccc(O)cc5)cc4C3=O)cc2)cc1. The molecule has 1 aliphatic heterocycles. The minimum Gasteiger partial charge on any atom is -0.508 e. The summed E-state index contributed by atoms with van der Waals surface area (Å²) in [5.41, 5.74) is 3.40. The monoisotopic (exact) mass is 491 g/mol. The van der Waals surface area contributed by atoms with Crippen LogP contribution in [0.3, 0.4) is 0 Å². The lowest BCUT2D eigenvalue weighted by atomic mass is 10.1. The third-order valence-electron chi connectivity index (χ3n) is 5.97. The molecule has 5 rings (SSSR count). The van der Waals surface area contributed by atoms with E-state index in [2.05, 4.69) is 10.6 Å². The zero-order chi connectivity index (χ0) is 26.1. The van der Waals surface area contributed by atoms with Gasteiger partial charge >= 0.3 is 0 Å². The second-order valence-electron chi connectivity index (χ2n) is 8.57. The smallest absolute Gasteiger partial charge is 0.266 e. The van der Waals surface area contributed by atoms with Gasteiger partial charge in [-0.15, -0.1) is 0 Å². The molecule has 3 N–H and O–H groups in total. The second kappa shape index (κ2) is 9.43. The van der Waals surface area contributed by atoms with E-state index < -0.39 is 17.7 Å². The third-order valence-corrected chi connectivity index (χ3v) is 5.97. The molecule has 1 aliphatic rings. The van der Waals surface area contributed by atoms with Crippen LogP contribution in [0.2, 0.25) is 0 Å². The number of fused-ring (bicyclic) bond motifs is 1. The van der Waals surface area contributed by atoms with E-state index in [4.69, 9.17) is 0 Å². The van der Waals surface area contributed by atoms with E-state index in [1.807, 2.05) is 19.1 Å². The van der Waals surface area contributed by atoms with Crippen molar-refractivity contribution in [2.75, 3.05) is 15.5 Å². The predicted octanol–water partition coefficient (Wildman–Crippen LogP) is 5.01. The van der Waals surface area contributed by atoms with Crippen LogP contribution < -0.4 is 15.5 Å². The molecule has 0 fully saturated rings. The van der Waals surface area contributed by atoms with Gasteiger partial charge in [-0.25, -0.2) is 4.90 Å². The third kappa shape index (κ3) is 4.68. The minimum absolute atomic E-state index is 0.0691. The highest BCUT2D eigenvalue weighted by Crippen LogP contribution is 2.30. The lowest BCUT2D eigenvalue weighted by Crippen LogP contribution is -2.29. The van der Waals surface area contributed by atoms with Crippen molar-refractivity contribution in [2.24, 2.45) is 0 Å². The summed E-state index contributed by atoms with van der Waals surface area (Å²) in [6.45, 7) is 1.96. The summed E-state index contributed by atoms with van der Waals surface area (Å²) in [7, 11) is 0. The number of benzene rings is 4. The summed E-state index contributed by atoms with van der Waals surface area (Å²) in [6.07, 6.45) is 0. The molecule has 182 valence electrons. The fourth-order valence-corrected chi connectivity index (χ4v) is 3.97. The van der Waals surface area contributed by atoms with Crippen LogP contribution in [0.25, 0.3) is 0 Å². The number of carbonyl (C=O) groups is 4. The Bertz CT molecular complexity index is 1540. The van der Waals surface area contributed by atoms with Crippen LogP contribution in [0.15, 0.2) is 91.0 Å². The fourth-order valence-electron chi connectivity index (χ4n) is 3.97. The van der Waals surface area contributed by atoms with Crippen LogP contribution in [0.1, 0.15) is 47.0 Å². The molecule has 0 spiro atoms. The molecule has 0 saturated carbocycles. The average Bonchev–Trinajstić information content (AvgIpc) is 3.16. The van der Waals surface area contributed by atoms with Gasteiger partial charge in [-0.3, -0.25) is 19.2 Å². The van der Waals surface area contributed by atoms with E-state index in [1.54, 1.807) is 36.4 Å². The van der Waals surface area contributed by atoms with Crippen molar-refractivity contribution >= 4 is 40.7 Å². The van der Waals surface area contributed by atoms with Crippen LogP contribution in [-0.2, 0) is 0 Å². The number of phenols is 1. The molecule has 0 bridgehead atoms. The van der Waals surface area contributed by atoms with E-state index in [0.29, 0.717) is 22.6 Å². The first-order chi connectivity index (χ1) is 17.8. The molecule has 8 nitrogen and oxygen atoms in total. The standard InChI is InChI=1S/C29H21N3O5/c1-17-2-7-20(8-3-17)30-26(34)18-4-11-22(12-5-18)32-28(36)24-15-6-19(16-25(24)29(32)37)27(35)31-21-9-13-23(33)14-10-21/h2-16,33H,1H3,(H,30,34)(H,31,35). The van der Waals surface area contributed by atoms with Gasteiger partial charge in [-0.1, -0.05) is 17.7 Å². The van der Waals surface area contributed by atoms with Gasteiger partial charge in [0.2, 0.25) is 0 Å². The van der Waals surface area contributed by atoms with Gasteiger partial charge in [0.05, 0.1) is 16.8 Å². The van der Waals surface area contributed by atoms with Crippen molar-refractivity contribution in [1.82, 2.24) is 0 Å². The summed E-state index contributed by atoms with van der Waals surface area (Å²) in [5.74, 6) is -1.78. The van der Waals surface area contributed by atoms with E-state index in [0.717, 1.165) is 10.5 Å². The molecule has 0 saturated heterocycles. The zero-order valence-corrected chi connectivity index (χ0v) is 19.7. The maximum atomic E-state index is 13.1. The van der Waals surface area contributed by atoms with Crippen LogP contribution in [0.4, 0.5) is 17.1 Å². The summed E-state index contributed by atoms with van der Waals surface area (Å²) in [4.78, 5) is 52.4. The molecule has 0 aromatic heterocycles. The molecule has 1 heterocycles. The van der Waals surface area contributed by atoms with Crippen LogP contribution in [-0.4, -0.2) is 28.7 Å². The van der Waals surface area contributed by atoms with Crippen molar-refractivity contribution in [1.29, 1.82) is 0 Å². The molecule has 0 radical (unpaired) electrons. The molecule has 4 aromatic carbocycles. The van der Waals surface area contributed by atoms with Crippen molar-refractivity contribution in [2.45, 2.75) is 6.92 Å². The Hall–Kier alpha value is -5.24. The Morgan fingerprint density at radius 3 is 1.78 bits per heavy atom. The van der Waals surface area contributed by atoms with Crippen LogP contribution >= 0.6 is 0 Å². The predicted molar refractivity (Wildman–Crippen MR) is 139 cm³/mol. The van der Waals surface area contributed by atoms with Crippen molar-refractivity contribution in [3.8, 4) is 5.75 Å². The number of phenolic OH excluding ortho intramolecular Hbond substituents is 1. The quantitative estimate of drug-likeness (QED) is 0.268. The highest BCUT2D eigenvalue weighted by atomic mass is 16.3. The summed E-state index contributed by atoms with van der Waals surface area (Å²) >= 11 is 0. The average molecular weight is 492 g/mol. The Morgan fingerprint density at radius 1 is 0.649 bits per heavy atom. The lowest BCUT2D eigenvalue weighted by molar-refractivity contribution is 0.0924. The van der Waals surface area contributed by atoms with Gasteiger partial charge in [-0.2, -0.15) is 0 Å². The molecule has 0 aliphatic carbocycles. The van der Waals surface area contributed by atoms with Gasteiger partial charge in [0, 0.05) is 22.5 Å². The first-order valence-electron chi connectivity index (χ1n) is 11.4. The summed E-state index contributed by atoms with van der Waals surface area (Å²) in [5, 5.41) is 14.9. The number of nitrogens with zero attached hydrogens (tertiary/aromatic N) is 1. The van der Waals surface area contributed by atoms with Crippen molar-refractivity contribution in [3.05, 3.63) is 119 Å². The Balaban J connectivity index is 1.32. The van der Waals surface area contributed by atoms with Gasteiger partial charge in [0.25, 0.3) is 23.6 Å². The topological polar surface area (TPSA) is 116 Å². The van der Waals surface area contributed by atoms with Gasteiger partial charge < -0.3 is 15.7 Å². The molecule has 4 amide bonds. The normalized spacial score (nSPS) is 12.3. The number of amides is 4. The Kier molecular flexibility index (Phi) is 5.99. The van der Waals surface area contributed by atoms with E-state index in [-0.39, 0.29) is 28.3 Å².